The number of hydrogen-bond acceptors (Lipinski definition) is 4. The number of thiophene rings is 1. The van der Waals surface area contributed by atoms with Gasteiger partial charge in [-0.05, 0) is 18.1 Å². The summed E-state index contributed by atoms with van der Waals surface area (Å²) in [6, 6.07) is 3.87. The van der Waals surface area contributed by atoms with Gasteiger partial charge in [-0.1, -0.05) is 25.4 Å². The van der Waals surface area contributed by atoms with Gasteiger partial charge >= 0.3 is 0 Å². The molecular formula is C12H20ClNO2S. The van der Waals surface area contributed by atoms with Crippen molar-refractivity contribution in [3.05, 3.63) is 21.3 Å². The van der Waals surface area contributed by atoms with Crippen LogP contribution in [0.15, 0.2) is 12.1 Å². The summed E-state index contributed by atoms with van der Waals surface area (Å²) in [5, 5.41) is 12.8. The summed E-state index contributed by atoms with van der Waals surface area (Å²) in [6.07, 6.45) is -0.454. The molecule has 98 valence electrons. The molecule has 17 heavy (non-hydrogen) atoms. The Kier molecular flexibility index (Phi) is 7.08. The Bertz CT molecular complexity index is 317. The van der Waals surface area contributed by atoms with Gasteiger partial charge in [0.2, 0.25) is 0 Å². The quantitative estimate of drug-likeness (QED) is 0.767. The highest BCUT2D eigenvalue weighted by Crippen LogP contribution is 2.20. The molecule has 1 aromatic heterocycles. The van der Waals surface area contributed by atoms with Crippen molar-refractivity contribution in [1.29, 1.82) is 0 Å². The molecule has 0 fully saturated rings. The first-order valence-electron chi connectivity index (χ1n) is 5.78. The van der Waals surface area contributed by atoms with Crippen LogP contribution in [0.5, 0.6) is 0 Å². The van der Waals surface area contributed by atoms with E-state index in [4.69, 9.17) is 16.3 Å². The van der Waals surface area contributed by atoms with Crippen molar-refractivity contribution in [2.75, 3.05) is 19.8 Å². The average Bonchev–Trinajstić information content (AvgIpc) is 2.63. The van der Waals surface area contributed by atoms with E-state index in [1.54, 1.807) is 11.3 Å². The number of hydrogen-bond donors (Lipinski definition) is 2. The predicted molar refractivity (Wildman–Crippen MR) is 72.7 cm³/mol. The van der Waals surface area contributed by atoms with Crippen LogP contribution in [0.2, 0.25) is 4.34 Å². The third-order valence-electron chi connectivity index (χ3n) is 2.07. The van der Waals surface area contributed by atoms with E-state index in [1.807, 2.05) is 12.1 Å². The SMILES string of the molecule is CC(C)COCC(O)CNCc1ccc(Cl)s1. The zero-order valence-corrected chi connectivity index (χ0v) is 11.9. The monoisotopic (exact) mass is 277 g/mol. The van der Waals surface area contributed by atoms with Crippen molar-refractivity contribution in [3.63, 3.8) is 0 Å². The van der Waals surface area contributed by atoms with Crippen LogP contribution in [0.3, 0.4) is 0 Å². The molecule has 1 rings (SSSR count). The highest BCUT2D eigenvalue weighted by atomic mass is 35.5. The van der Waals surface area contributed by atoms with E-state index >= 15 is 0 Å². The van der Waals surface area contributed by atoms with Gasteiger partial charge in [0.05, 0.1) is 17.0 Å². The first kappa shape index (κ1) is 14.9. The molecule has 0 aromatic carbocycles. The first-order valence-corrected chi connectivity index (χ1v) is 6.98. The smallest absolute Gasteiger partial charge is 0.0931 e. The minimum atomic E-state index is -0.454. The number of aliphatic hydroxyl groups excluding tert-OH is 1. The summed E-state index contributed by atoms with van der Waals surface area (Å²) >= 11 is 7.37. The molecule has 1 atom stereocenters. The Morgan fingerprint density at radius 2 is 2.18 bits per heavy atom. The molecule has 5 heteroatoms. The van der Waals surface area contributed by atoms with E-state index in [2.05, 4.69) is 19.2 Å². The number of nitrogens with one attached hydrogen (secondary N) is 1. The fourth-order valence-corrected chi connectivity index (χ4v) is 2.36. The summed E-state index contributed by atoms with van der Waals surface area (Å²) in [4.78, 5) is 1.17. The molecule has 1 aromatic rings. The van der Waals surface area contributed by atoms with Gasteiger partial charge in [-0.2, -0.15) is 0 Å². The Hall–Kier alpha value is -0.130. The van der Waals surface area contributed by atoms with E-state index in [9.17, 15) is 5.11 Å². The van der Waals surface area contributed by atoms with Gasteiger partial charge < -0.3 is 15.2 Å². The van der Waals surface area contributed by atoms with Crippen molar-refractivity contribution in [1.82, 2.24) is 5.32 Å². The second-order valence-electron chi connectivity index (χ2n) is 4.42. The van der Waals surface area contributed by atoms with Crippen LogP contribution in [0, 0.1) is 5.92 Å². The number of halogens is 1. The van der Waals surface area contributed by atoms with Gasteiger partial charge in [0.25, 0.3) is 0 Å². The summed E-state index contributed by atoms with van der Waals surface area (Å²) in [5.41, 5.74) is 0. The number of aliphatic hydroxyl groups is 1. The zero-order chi connectivity index (χ0) is 12.7. The second-order valence-corrected chi connectivity index (χ2v) is 6.22. The fourth-order valence-electron chi connectivity index (χ4n) is 1.31. The van der Waals surface area contributed by atoms with E-state index in [1.165, 1.54) is 4.88 Å². The molecule has 0 spiro atoms. The molecule has 0 aliphatic carbocycles. The Labute approximate surface area is 112 Å². The maximum absolute atomic E-state index is 9.64. The standard InChI is InChI=1S/C12H20ClNO2S/c1-9(2)7-16-8-10(15)5-14-6-11-3-4-12(13)17-11/h3-4,9-10,14-15H,5-8H2,1-2H3. The molecule has 0 radical (unpaired) electrons. The normalized spacial score (nSPS) is 13.2. The van der Waals surface area contributed by atoms with E-state index in [0.717, 1.165) is 10.9 Å². The van der Waals surface area contributed by atoms with Crippen LogP contribution >= 0.6 is 22.9 Å². The van der Waals surface area contributed by atoms with Crippen LogP contribution in [0.4, 0.5) is 0 Å². The van der Waals surface area contributed by atoms with Crippen LogP contribution in [0.1, 0.15) is 18.7 Å². The van der Waals surface area contributed by atoms with Gasteiger partial charge in [-0.25, -0.2) is 0 Å². The fraction of sp³-hybridized carbons (Fsp3) is 0.667. The molecule has 1 heterocycles. The summed E-state index contributed by atoms with van der Waals surface area (Å²) in [6.45, 7) is 6.52. The minimum Gasteiger partial charge on any atom is -0.389 e. The van der Waals surface area contributed by atoms with Gasteiger partial charge in [0, 0.05) is 24.6 Å². The molecule has 0 saturated carbocycles. The Balaban J connectivity index is 2.05. The lowest BCUT2D eigenvalue weighted by Crippen LogP contribution is -2.30. The van der Waals surface area contributed by atoms with Gasteiger partial charge in [0.15, 0.2) is 0 Å². The highest BCUT2D eigenvalue weighted by Gasteiger charge is 2.05. The van der Waals surface area contributed by atoms with Crippen LogP contribution < -0.4 is 5.32 Å². The Morgan fingerprint density at radius 3 is 2.76 bits per heavy atom. The molecule has 1 unspecified atom stereocenters. The van der Waals surface area contributed by atoms with Gasteiger partial charge in [-0.3, -0.25) is 0 Å². The van der Waals surface area contributed by atoms with Crippen molar-refractivity contribution >= 4 is 22.9 Å². The second kappa shape index (κ2) is 8.06. The molecule has 0 aliphatic heterocycles. The molecule has 0 amide bonds. The largest absolute Gasteiger partial charge is 0.389 e. The van der Waals surface area contributed by atoms with Crippen LogP contribution in [-0.4, -0.2) is 31.0 Å². The molecule has 0 saturated heterocycles. The number of ether oxygens (including phenoxy) is 1. The maximum atomic E-state index is 9.64. The third-order valence-corrected chi connectivity index (χ3v) is 3.30. The first-order chi connectivity index (χ1) is 8.08. The van der Waals surface area contributed by atoms with Gasteiger partial charge in [0.1, 0.15) is 0 Å². The molecule has 0 bridgehead atoms. The predicted octanol–water partition coefficient (Wildman–Crippen LogP) is 2.52. The van der Waals surface area contributed by atoms with Crippen molar-refractivity contribution < 1.29 is 9.84 Å². The van der Waals surface area contributed by atoms with Crippen molar-refractivity contribution in [3.8, 4) is 0 Å². The minimum absolute atomic E-state index is 0.385. The van der Waals surface area contributed by atoms with E-state index < -0.39 is 6.10 Å². The molecular weight excluding hydrogens is 258 g/mol. The molecule has 2 N–H and O–H groups in total. The summed E-state index contributed by atoms with van der Waals surface area (Å²) in [7, 11) is 0. The van der Waals surface area contributed by atoms with E-state index in [-0.39, 0.29) is 0 Å². The van der Waals surface area contributed by atoms with Crippen LogP contribution in [0.25, 0.3) is 0 Å². The van der Waals surface area contributed by atoms with Crippen molar-refractivity contribution in [2.45, 2.75) is 26.5 Å². The van der Waals surface area contributed by atoms with Crippen molar-refractivity contribution in [2.24, 2.45) is 5.92 Å². The zero-order valence-electron chi connectivity index (χ0n) is 10.3. The topological polar surface area (TPSA) is 41.5 Å². The average molecular weight is 278 g/mol. The lowest BCUT2D eigenvalue weighted by atomic mass is 10.2. The summed E-state index contributed by atoms with van der Waals surface area (Å²) in [5.74, 6) is 0.503. The van der Waals surface area contributed by atoms with Gasteiger partial charge in [-0.15, -0.1) is 11.3 Å². The Morgan fingerprint density at radius 1 is 1.41 bits per heavy atom. The lowest BCUT2D eigenvalue weighted by molar-refractivity contribution is 0.0261. The highest BCUT2D eigenvalue weighted by molar-refractivity contribution is 7.16. The van der Waals surface area contributed by atoms with Crippen LogP contribution in [-0.2, 0) is 11.3 Å². The number of rotatable bonds is 8. The third kappa shape index (κ3) is 7.01. The lowest BCUT2D eigenvalue weighted by Gasteiger charge is -2.13. The maximum Gasteiger partial charge on any atom is 0.0931 e. The molecule has 0 aliphatic rings. The summed E-state index contributed by atoms with van der Waals surface area (Å²) < 4.78 is 6.15. The van der Waals surface area contributed by atoms with E-state index in [0.29, 0.717) is 25.7 Å². The molecule has 3 nitrogen and oxygen atoms in total.